The van der Waals surface area contributed by atoms with Crippen molar-refractivity contribution in [2.45, 2.75) is 27.2 Å². The normalized spacial score (nSPS) is 10.1. The van der Waals surface area contributed by atoms with Crippen LogP contribution < -0.4 is 0 Å². The number of hydrogen-bond acceptors (Lipinski definition) is 4. The largest absolute Gasteiger partial charge is 0.460 e. The summed E-state index contributed by atoms with van der Waals surface area (Å²) >= 11 is 0. The van der Waals surface area contributed by atoms with E-state index >= 15 is 0 Å². The van der Waals surface area contributed by atoms with Crippen molar-refractivity contribution in [1.29, 1.82) is 0 Å². The topological polar surface area (TPSA) is 52.3 Å². The second kappa shape index (κ2) is 4.07. The van der Waals surface area contributed by atoms with Crippen LogP contribution in [0.4, 0.5) is 0 Å². The number of aromatic nitrogens is 1. The van der Waals surface area contributed by atoms with Crippen LogP contribution in [0.2, 0.25) is 0 Å². The Balaban J connectivity index is 2.87. The summed E-state index contributed by atoms with van der Waals surface area (Å²) in [6, 6.07) is 0. The van der Waals surface area contributed by atoms with Gasteiger partial charge in [-0.15, -0.1) is 0 Å². The standard InChI is InChI=1S/C9H13NO3/c1-4-7-10-6(3)8(13-7)9(11)12-5-2/h4-5H2,1-3H3. The molecule has 1 heterocycles. The van der Waals surface area contributed by atoms with Gasteiger partial charge < -0.3 is 9.15 Å². The van der Waals surface area contributed by atoms with Gasteiger partial charge in [0.1, 0.15) is 0 Å². The molecule has 0 amide bonds. The molecule has 0 aromatic carbocycles. The molecule has 0 bridgehead atoms. The molecule has 0 unspecified atom stereocenters. The zero-order chi connectivity index (χ0) is 9.84. The summed E-state index contributed by atoms with van der Waals surface area (Å²) in [5.41, 5.74) is 0.593. The predicted octanol–water partition coefficient (Wildman–Crippen LogP) is 1.72. The number of hydrogen-bond donors (Lipinski definition) is 0. The van der Waals surface area contributed by atoms with E-state index in [1.165, 1.54) is 0 Å². The minimum Gasteiger partial charge on any atom is -0.460 e. The molecule has 1 rings (SSSR count). The molecule has 0 aliphatic carbocycles. The Morgan fingerprint density at radius 2 is 2.23 bits per heavy atom. The highest BCUT2D eigenvalue weighted by Crippen LogP contribution is 2.11. The maximum absolute atomic E-state index is 11.2. The number of rotatable bonds is 3. The lowest BCUT2D eigenvalue weighted by molar-refractivity contribution is 0.0487. The van der Waals surface area contributed by atoms with Crippen molar-refractivity contribution < 1.29 is 13.9 Å². The number of esters is 1. The molecule has 4 nitrogen and oxygen atoms in total. The number of carbonyl (C=O) groups excluding carboxylic acids is 1. The van der Waals surface area contributed by atoms with Gasteiger partial charge >= 0.3 is 5.97 Å². The molecule has 4 heteroatoms. The maximum atomic E-state index is 11.2. The molecule has 13 heavy (non-hydrogen) atoms. The Kier molecular flexibility index (Phi) is 3.06. The van der Waals surface area contributed by atoms with Gasteiger partial charge in [0, 0.05) is 6.42 Å². The van der Waals surface area contributed by atoms with E-state index in [4.69, 9.17) is 9.15 Å². The van der Waals surface area contributed by atoms with Crippen LogP contribution in [0.25, 0.3) is 0 Å². The lowest BCUT2D eigenvalue weighted by Crippen LogP contribution is -2.04. The number of ether oxygens (including phenoxy) is 1. The highest BCUT2D eigenvalue weighted by atomic mass is 16.5. The second-order valence-electron chi connectivity index (χ2n) is 2.60. The summed E-state index contributed by atoms with van der Waals surface area (Å²) in [7, 11) is 0. The molecule has 0 atom stereocenters. The molecule has 0 saturated heterocycles. The Morgan fingerprint density at radius 1 is 1.54 bits per heavy atom. The Morgan fingerprint density at radius 3 is 2.69 bits per heavy atom. The van der Waals surface area contributed by atoms with Crippen LogP contribution in [-0.4, -0.2) is 17.6 Å². The third-order valence-corrected chi connectivity index (χ3v) is 1.60. The van der Waals surface area contributed by atoms with Crippen molar-refractivity contribution in [2.75, 3.05) is 6.61 Å². The molecule has 0 saturated carbocycles. The fourth-order valence-corrected chi connectivity index (χ4v) is 0.990. The second-order valence-corrected chi connectivity index (χ2v) is 2.60. The first kappa shape index (κ1) is 9.77. The van der Waals surface area contributed by atoms with Crippen LogP contribution in [0, 0.1) is 6.92 Å². The van der Waals surface area contributed by atoms with Gasteiger partial charge in [0.2, 0.25) is 5.76 Å². The number of oxazole rings is 1. The highest BCUT2D eigenvalue weighted by molar-refractivity contribution is 5.87. The average Bonchev–Trinajstić information content (AvgIpc) is 2.47. The molecular weight excluding hydrogens is 170 g/mol. The average molecular weight is 183 g/mol. The van der Waals surface area contributed by atoms with E-state index < -0.39 is 5.97 Å². The van der Waals surface area contributed by atoms with Gasteiger partial charge in [-0.1, -0.05) is 6.92 Å². The third-order valence-electron chi connectivity index (χ3n) is 1.60. The minimum absolute atomic E-state index is 0.221. The molecule has 0 radical (unpaired) electrons. The zero-order valence-corrected chi connectivity index (χ0v) is 8.09. The molecule has 72 valence electrons. The van der Waals surface area contributed by atoms with Crippen LogP contribution in [0.15, 0.2) is 4.42 Å². The fourth-order valence-electron chi connectivity index (χ4n) is 0.990. The van der Waals surface area contributed by atoms with E-state index in [0.29, 0.717) is 24.6 Å². The van der Waals surface area contributed by atoms with Gasteiger partial charge in [-0.05, 0) is 13.8 Å². The van der Waals surface area contributed by atoms with Crippen LogP contribution in [0.3, 0.4) is 0 Å². The van der Waals surface area contributed by atoms with E-state index in [0.717, 1.165) is 0 Å². The van der Waals surface area contributed by atoms with Crippen molar-refractivity contribution >= 4 is 5.97 Å². The molecule has 0 spiro atoms. The van der Waals surface area contributed by atoms with Crippen LogP contribution in [0.1, 0.15) is 36.0 Å². The lowest BCUT2D eigenvalue weighted by atomic mass is 10.4. The van der Waals surface area contributed by atoms with E-state index in [2.05, 4.69) is 4.98 Å². The number of nitrogens with zero attached hydrogens (tertiary/aromatic N) is 1. The molecule has 0 aliphatic heterocycles. The predicted molar refractivity (Wildman–Crippen MR) is 46.6 cm³/mol. The van der Waals surface area contributed by atoms with E-state index in [9.17, 15) is 4.79 Å². The summed E-state index contributed by atoms with van der Waals surface area (Å²) in [6.07, 6.45) is 0.681. The van der Waals surface area contributed by atoms with E-state index in [-0.39, 0.29) is 5.76 Å². The summed E-state index contributed by atoms with van der Waals surface area (Å²) in [6.45, 7) is 5.75. The quantitative estimate of drug-likeness (QED) is 0.669. The first-order valence-corrected chi connectivity index (χ1v) is 4.32. The summed E-state index contributed by atoms with van der Waals surface area (Å²) in [5.74, 6) is 0.353. The first-order valence-electron chi connectivity index (χ1n) is 4.32. The van der Waals surface area contributed by atoms with Gasteiger partial charge in [-0.25, -0.2) is 9.78 Å². The smallest absolute Gasteiger partial charge is 0.376 e. The summed E-state index contributed by atoms with van der Waals surface area (Å²) in [5, 5.41) is 0. The molecule has 1 aromatic rings. The maximum Gasteiger partial charge on any atom is 0.376 e. The van der Waals surface area contributed by atoms with Gasteiger partial charge in [0.25, 0.3) is 0 Å². The van der Waals surface area contributed by atoms with Gasteiger partial charge in [0.05, 0.1) is 12.3 Å². The number of aryl methyl sites for hydroxylation is 2. The fraction of sp³-hybridized carbons (Fsp3) is 0.556. The van der Waals surface area contributed by atoms with E-state index in [1.807, 2.05) is 6.92 Å². The van der Waals surface area contributed by atoms with Crippen LogP contribution in [0.5, 0.6) is 0 Å². The first-order chi connectivity index (χ1) is 6.19. The zero-order valence-electron chi connectivity index (χ0n) is 8.09. The van der Waals surface area contributed by atoms with E-state index in [1.54, 1.807) is 13.8 Å². The Hall–Kier alpha value is -1.32. The minimum atomic E-state index is -0.438. The molecule has 0 aliphatic rings. The van der Waals surface area contributed by atoms with Crippen molar-refractivity contribution in [3.63, 3.8) is 0 Å². The van der Waals surface area contributed by atoms with Gasteiger partial charge in [-0.2, -0.15) is 0 Å². The Labute approximate surface area is 76.9 Å². The van der Waals surface area contributed by atoms with Crippen LogP contribution in [-0.2, 0) is 11.2 Å². The summed E-state index contributed by atoms with van der Waals surface area (Å²) < 4.78 is 9.99. The van der Waals surface area contributed by atoms with Crippen molar-refractivity contribution in [3.8, 4) is 0 Å². The molecular formula is C9H13NO3. The van der Waals surface area contributed by atoms with Gasteiger partial charge in [0.15, 0.2) is 5.89 Å². The van der Waals surface area contributed by atoms with Crippen molar-refractivity contribution in [2.24, 2.45) is 0 Å². The molecule has 1 aromatic heterocycles. The monoisotopic (exact) mass is 183 g/mol. The highest BCUT2D eigenvalue weighted by Gasteiger charge is 2.17. The van der Waals surface area contributed by atoms with Crippen LogP contribution >= 0.6 is 0 Å². The molecule has 0 fully saturated rings. The lowest BCUT2D eigenvalue weighted by Gasteiger charge is -1.96. The van der Waals surface area contributed by atoms with Crippen molar-refractivity contribution in [3.05, 3.63) is 17.3 Å². The number of carbonyl (C=O) groups is 1. The van der Waals surface area contributed by atoms with Gasteiger partial charge in [-0.3, -0.25) is 0 Å². The van der Waals surface area contributed by atoms with Crippen molar-refractivity contribution in [1.82, 2.24) is 4.98 Å². The summed E-state index contributed by atoms with van der Waals surface area (Å²) in [4.78, 5) is 15.3. The Bertz CT molecular complexity index is 304. The SMILES string of the molecule is CCOC(=O)c1oc(CC)nc1C. The third kappa shape index (κ3) is 2.08. The molecule has 0 N–H and O–H groups in total.